The number of carbonyl (C=O) groups is 1. The Morgan fingerprint density at radius 1 is 1.03 bits per heavy atom. The van der Waals surface area contributed by atoms with Gasteiger partial charge < -0.3 is 14.4 Å². The summed E-state index contributed by atoms with van der Waals surface area (Å²) in [4.78, 5) is 18.5. The molecule has 2 aromatic carbocycles. The number of carbonyl (C=O) groups excluding carboxylic acids is 1. The predicted octanol–water partition coefficient (Wildman–Crippen LogP) is 5.74. The summed E-state index contributed by atoms with van der Waals surface area (Å²) < 4.78 is 5.63. The van der Waals surface area contributed by atoms with Crippen molar-refractivity contribution in [3.8, 4) is 22.5 Å². The number of likely N-dealkylation sites (tertiary alicyclic amines) is 1. The molecule has 1 aliphatic rings. The molecule has 0 unspecified atom stereocenters. The van der Waals surface area contributed by atoms with Crippen LogP contribution in [0.5, 0.6) is 0 Å². The Labute approximate surface area is 182 Å². The van der Waals surface area contributed by atoms with Gasteiger partial charge in [-0.1, -0.05) is 53.7 Å². The second-order valence-electron chi connectivity index (χ2n) is 8.29. The van der Waals surface area contributed by atoms with Crippen molar-refractivity contribution in [2.24, 2.45) is 0 Å². The summed E-state index contributed by atoms with van der Waals surface area (Å²) in [7, 11) is 0. The summed E-state index contributed by atoms with van der Waals surface area (Å²) >= 11 is 0. The number of aromatic amines is 1. The number of H-pyrrole nitrogens is 1. The molecule has 1 aliphatic heterocycles. The van der Waals surface area contributed by atoms with Gasteiger partial charge in [0.2, 0.25) is 5.91 Å². The van der Waals surface area contributed by atoms with Gasteiger partial charge in [-0.2, -0.15) is 0 Å². The SMILES string of the molecule is Cc1onc(-c2ccccc2)c1-c1[nH]c2ccccc2c1CCC(=O)N1CCCCC1. The molecule has 0 bridgehead atoms. The van der Waals surface area contributed by atoms with E-state index in [0.29, 0.717) is 12.8 Å². The van der Waals surface area contributed by atoms with Gasteiger partial charge in [-0.05, 0) is 44.2 Å². The molecule has 1 N–H and O–H groups in total. The van der Waals surface area contributed by atoms with E-state index in [1.807, 2.05) is 48.2 Å². The number of hydrogen-bond acceptors (Lipinski definition) is 3. The molecular formula is C26H27N3O2. The molecule has 4 aromatic rings. The average molecular weight is 414 g/mol. The minimum Gasteiger partial charge on any atom is -0.360 e. The molecule has 0 aliphatic carbocycles. The van der Waals surface area contributed by atoms with E-state index in [0.717, 1.165) is 70.7 Å². The number of aryl methyl sites for hydroxylation is 2. The number of para-hydroxylation sites is 1. The van der Waals surface area contributed by atoms with Gasteiger partial charge >= 0.3 is 0 Å². The van der Waals surface area contributed by atoms with Crippen LogP contribution in [-0.4, -0.2) is 34.0 Å². The third-order valence-electron chi connectivity index (χ3n) is 6.27. The maximum absolute atomic E-state index is 12.9. The largest absolute Gasteiger partial charge is 0.360 e. The lowest BCUT2D eigenvalue weighted by molar-refractivity contribution is -0.132. The second-order valence-corrected chi connectivity index (χ2v) is 8.29. The van der Waals surface area contributed by atoms with Crippen molar-refractivity contribution in [3.05, 3.63) is 65.9 Å². The van der Waals surface area contributed by atoms with E-state index in [-0.39, 0.29) is 5.91 Å². The number of nitrogens with zero attached hydrogens (tertiary/aromatic N) is 2. The van der Waals surface area contributed by atoms with Gasteiger partial charge in [0.1, 0.15) is 11.5 Å². The van der Waals surface area contributed by atoms with Crippen molar-refractivity contribution in [2.75, 3.05) is 13.1 Å². The molecule has 0 saturated carbocycles. The van der Waals surface area contributed by atoms with Crippen molar-refractivity contribution >= 4 is 16.8 Å². The van der Waals surface area contributed by atoms with Crippen LogP contribution in [-0.2, 0) is 11.2 Å². The molecule has 5 nitrogen and oxygen atoms in total. The maximum Gasteiger partial charge on any atom is 0.222 e. The Balaban J connectivity index is 1.55. The molecule has 2 aromatic heterocycles. The molecule has 5 heteroatoms. The van der Waals surface area contributed by atoms with Crippen molar-refractivity contribution < 1.29 is 9.32 Å². The molecule has 158 valence electrons. The third kappa shape index (κ3) is 3.76. The summed E-state index contributed by atoms with van der Waals surface area (Å²) in [5, 5.41) is 5.53. The van der Waals surface area contributed by atoms with E-state index in [1.165, 1.54) is 6.42 Å². The molecule has 1 amide bonds. The minimum atomic E-state index is 0.251. The molecule has 1 fully saturated rings. The summed E-state index contributed by atoms with van der Waals surface area (Å²) in [5.74, 6) is 1.02. The van der Waals surface area contributed by atoms with Crippen molar-refractivity contribution in [1.29, 1.82) is 0 Å². The third-order valence-corrected chi connectivity index (χ3v) is 6.27. The lowest BCUT2D eigenvalue weighted by Gasteiger charge is -2.26. The standard InChI is InChI=1S/C26H27N3O2/c1-18-24(25(28-31-18)19-10-4-2-5-11-19)26-21(20-12-6-7-13-22(20)27-26)14-15-23(30)29-16-8-3-9-17-29/h2,4-7,10-13,27H,3,8-9,14-17H2,1H3. The van der Waals surface area contributed by atoms with Gasteiger partial charge in [-0.3, -0.25) is 4.79 Å². The monoisotopic (exact) mass is 413 g/mol. The molecular weight excluding hydrogens is 386 g/mol. The number of aromatic nitrogens is 2. The predicted molar refractivity (Wildman–Crippen MR) is 123 cm³/mol. The molecule has 0 atom stereocenters. The number of hydrogen-bond donors (Lipinski definition) is 1. The summed E-state index contributed by atoms with van der Waals surface area (Å²) in [6.07, 6.45) is 4.66. The number of fused-ring (bicyclic) bond motifs is 1. The Morgan fingerprint density at radius 3 is 2.58 bits per heavy atom. The summed E-state index contributed by atoms with van der Waals surface area (Å²) in [6.45, 7) is 3.73. The van der Waals surface area contributed by atoms with Crippen LogP contribution in [0.25, 0.3) is 33.4 Å². The average Bonchev–Trinajstić information content (AvgIpc) is 3.38. The van der Waals surface area contributed by atoms with E-state index in [4.69, 9.17) is 4.52 Å². The highest BCUT2D eigenvalue weighted by molar-refractivity contribution is 5.94. The fourth-order valence-corrected chi connectivity index (χ4v) is 4.67. The molecule has 3 heterocycles. The summed E-state index contributed by atoms with van der Waals surface area (Å²) in [6, 6.07) is 18.4. The second kappa shape index (κ2) is 8.42. The van der Waals surface area contributed by atoms with Crippen molar-refractivity contribution in [1.82, 2.24) is 15.0 Å². The maximum atomic E-state index is 12.9. The number of piperidine rings is 1. The van der Waals surface area contributed by atoms with Gasteiger partial charge in [0.15, 0.2) is 0 Å². The van der Waals surface area contributed by atoms with Crippen LogP contribution >= 0.6 is 0 Å². The Hall–Kier alpha value is -3.34. The summed E-state index contributed by atoms with van der Waals surface area (Å²) in [5.41, 5.74) is 6.05. The highest BCUT2D eigenvalue weighted by atomic mass is 16.5. The van der Waals surface area contributed by atoms with E-state index in [2.05, 4.69) is 28.3 Å². The first kappa shape index (κ1) is 19.6. The van der Waals surface area contributed by atoms with E-state index < -0.39 is 0 Å². The molecule has 0 spiro atoms. The van der Waals surface area contributed by atoms with Gasteiger partial charge in [0.25, 0.3) is 0 Å². The van der Waals surface area contributed by atoms with Crippen LogP contribution in [0.1, 0.15) is 37.0 Å². The Kier molecular flexibility index (Phi) is 5.33. The fraction of sp³-hybridized carbons (Fsp3) is 0.308. The van der Waals surface area contributed by atoms with Crippen molar-refractivity contribution in [3.63, 3.8) is 0 Å². The van der Waals surface area contributed by atoms with Crippen LogP contribution in [0.3, 0.4) is 0 Å². The van der Waals surface area contributed by atoms with Crippen molar-refractivity contribution in [2.45, 2.75) is 39.0 Å². The van der Waals surface area contributed by atoms with Crippen LogP contribution < -0.4 is 0 Å². The van der Waals surface area contributed by atoms with E-state index >= 15 is 0 Å². The quantitative estimate of drug-likeness (QED) is 0.454. The smallest absolute Gasteiger partial charge is 0.222 e. The zero-order valence-corrected chi connectivity index (χ0v) is 17.9. The molecule has 5 rings (SSSR count). The first-order chi connectivity index (χ1) is 15.2. The fourth-order valence-electron chi connectivity index (χ4n) is 4.67. The van der Waals surface area contributed by atoms with Gasteiger partial charge in [0.05, 0.1) is 11.3 Å². The Bertz CT molecular complexity index is 1200. The van der Waals surface area contributed by atoms with Gasteiger partial charge in [0, 0.05) is 36.0 Å². The molecule has 0 radical (unpaired) electrons. The first-order valence-corrected chi connectivity index (χ1v) is 11.1. The van der Waals surface area contributed by atoms with Crippen LogP contribution in [0.2, 0.25) is 0 Å². The lowest BCUT2D eigenvalue weighted by atomic mass is 9.97. The zero-order valence-electron chi connectivity index (χ0n) is 17.9. The molecule has 1 saturated heterocycles. The first-order valence-electron chi connectivity index (χ1n) is 11.1. The van der Waals surface area contributed by atoms with E-state index in [1.54, 1.807) is 0 Å². The van der Waals surface area contributed by atoms with Gasteiger partial charge in [-0.15, -0.1) is 0 Å². The lowest BCUT2D eigenvalue weighted by Crippen LogP contribution is -2.35. The van der Waals surface area contributed by atoms with E-state index in [9.17, 15) is 4.79 Å². The normalized spacial score (nSPS) is 14.3. The van der Waals surface area contributed by atoms with Gasteiger partial charge in [-0.25, -0.2) is 0 Å². The number of nitrogens with one attached hydrogen (secondary N) is 1. The van der Waals surface area contributed by atoms with Crippen LogP contribution in [0.15, 0.2) is 59.1 Å². The van der Waals surface area contributed by atoms with Crippen LogP contribution in [0.4, 0.5) is 0 Å². The zero-order chi connectivity index (χ0) is 21.2. The number of amides is 1. The van der Waals surface area contributed by atoms with Crippen LogP contribution in [0, 0.1) is 6.92 Å². The minimum absolute atomic E-state index is 0.251. The highest BCUT2D eigenvalue weighted by Crippen LogP contribution is 2.39. The number of rotatable bonds is 5. The molecule has 31 heavy (non-hydrogen) atoms. The Morgan fingerprint density at radius 2 is 1.77 bits per heavy atom. The topological polar surface area (TPSA) is 62.1 Å². The highest BCUT2D eigenvalue weighted by Gasteiger charge is 2.24. The number of benzene rings is 2.